The summed E-state index contributed by atoms with van der Waals surface area (Å²) < 4.78 is 10.0. The Morgan fingerprint density at radius 3 is 1.48 bits per heavy atom. The van der Waals surface area contributed by atoms with Crippen LogP contribution < -0.4 is 0 Å². The molecule has 2 aromatic carbocycles. The summed E-state index contributed by atoms with van der Waals surface area (Å²) in [4.78, 5) is 48.1. The van der Waals surface area contributed by atoms with Crippen LogP contribution in [-0.4, -0.2) is 34.6 Å². The molecule has 7 nitrogen and oxygen atoms in total. The maximum Gasteiger partial charge on any atom is 0.346 e. The van der Waals surface area contributed by atoms with Gasteiger partial charge in [0.15, 0.2) is 0 Å². The molecule has 0 saturated carbocycles. The van der Waals surface area contributed by atoms with Crippen LogP contribution in [0.3, 0.4) is 0 Å². The van der Waals surface area contributed by atoms with Crippen LogP contribution in [0.15, 0.2) is 48.5 Å². The number of carboxylic acids is 1. The summed E-state index contributed by atoms with van der Waals surface area (Å²) in [6, 6.07) is 11.1. The molecule has 0 bridgehead atoms. The highest BCUT2D eigenvalue weighted by atomic mass is 16.6. The van der Waals surface area contributed by atoms with E-state index in [2.05, 4.69) is 0 Å². The number of hydrogen-bond donors (Lipinski definition) is 1. The number of ether oxygens (including phenoxy) is 2. The molecular formula is C20H18O7. The lowest BCUT2D eigenvalue weighted by molar-refractivity contribution is 0.00631. The molecule has 0 unspecified atom stereocenters. The monoisotopic (exact) mass is 370 g/mol. The first kappa shape index (κ1) is 19.8. The molecule has 0 aliphatic heterocycles. The topological polar surface area (TPSA) is 107 Å². The SMILES string of the molecule is CC(C)(C)OC(=O)c1ccccc1C(=O)OC(=O)c1ccccc1C(=O)O. The van der Waals surface area contributed by atoms with Crippen molar-refractivity contribution in [3.63, 3.8) is 0 Å². The Hall–Kier alpha value is -3.48. The van der Waals surface area contributed by atoms with Gasteiger partial charge in [-0.25, -0.2) is 19.2 Å². The third-order valence-electron chi connectivity index (χ3n) is 3.33. The molecule has 0 heterocycles. The minimum absolute atomic E-state index is 0.0586. The number of carbonyl (C=O) groups is 4. The van der Waals surface area contributed by atoms with Crippen molar-refractivity contribution in [3.8, 4) is 0 Å². The fourth-order valence-electron chi connectivity index (χ4n) is 2.21. The Kier molecular flexibility index (Phi) is 5.75. The molecule has 0 aliphatic carbocycles. The number of benzene rings is 2. The van der Waals surface area contributed by atoms with Gasteiger partial charge in [0.05, 0.1) is 22.3 Å². The first-order valence-electron chi connectivity index (χ1n) is 8.01. The van der Waals surface area contributed by atoms with Crippen molar-refractivity contribution in [2.45, 2.75) is 26.4 Å². The lowest BCUT2D eigenvalue weighted by atomic mass is 10.1. The van der Waals surface area contributed by atoms with Crippen molar-refractivity contribution in [1.29, 1.82) is 0 Å². The number of aromatic carboxylic acids is 1. The molecule has 0 amide bonds. The van der Waals surface area contributed by atoms with Gasteiger partial charge >= 0.3 is 23.9 Å². The fraction of sp³-hybridized carbons (Fsp3) is 0.200. The Morgan fingerprint density at radius 1 is 0.704 bits per heavy atom. The molecule has 7 heteroatoms. The van der Waals surface area contributed by atoms with Crippen LogP contribution in [0, 0.1) is 0 Å². The number of rotatable bonds is 4. The molecule has 0 aromatic heterocycles. The van der Waals surface area contributed by atoms with Gasteiger partial charge in [-0.15, -0.1) is 0 Å². The predicted molar refractivity (Wildman–Crippen MR) is 94.8 cm³/mol. The zero-order chi connectivity index (χ0) is 20.2. The highest BCUT2D eigenvalue weighted by Gasteiger charge is 2.26. The minimum atomic E-state index is -1.33. The average Bonchev–Trinajstić information content (AvgIpc) is 2.60. The molecule has 1 N–H and O–H groups in total. The Bertz CT molecular complexity index is 907. The molecule has 0 spiro atoms. The molecule has 140 valence electrons. The second kappa shape index (κ2) is 7.82. The second-order valence-electron chi connectivity index (χ2n) is 6.58. The molecule has 0 saturated heterocycles. The van der Waals surface area contributed by atoms with Gasteiger partial charge in [0.25, 0.3) is 0 Å². The lowest BCUT2D eigenvalue weighted by Crippen LogP contribution is -2.25. The van der Waals surface area contributed by atoms with Crippen molar-refractivity contribution in [2.24, 2.45) is 0 Å². The molecule has 0 fully saturated rings. The Labute approximate surface area is 155 Å². The van der Waals surface area contributed by atoms with Gasteiger partial charge in [-0.1, -0.05) is 24.3 Å². The van der Waals surface area contributed by atoms with Gasteiger partial charge in [0.2, 0.25) is 0 Å². The molecule has 27 heavy (non-hydrogen) atoms. The second-order valence-corrected chi connectivity index (χ2v) is 6.58. The van der Waals surface area contributed by atoms with E-state index in [0.29, 0.717) is 0 Å². The van der Waals surface area contributed by atoms with E-state index in [-0.39, 0.29) is 22.3 Å². The van der Waals surface area contributed by atoms with E-state index in [4.69, 9.17) is 14.6 Å². The third kappa shape index (κ3) is 5.01. The van der Waals surface area contributed by atoms with Crippen molar-refractivity contribution < 1.29 is 33.8 Å². The van der Waals surface area contributed by atoms with E-state index in [1.54, 1.807) is 20.8 Å². The van der Waals surface area contributed by atoms with Crippen molar-refractivity contribution in [2.75, 3.05) is 0 Å². The summed E-state index contributed by atoms with van der Waals surface area (Å²) in [5.74, 6) is -4.28. The quantitative estimate of drug-likeness (QED) is 0.650. The minimum Gasteiger partial charge on any atom is -0.478 e. The Balaban J connectivity index is 2.28. The largest absolute Gasteiger partial charge is 0.478 e. The summed E-state index contributed by atoms with van der Waals surface area (Å²) >= 11 is 0. The van der Waals surface area contributed by atoms with Gasteiger partial charge in [0, 0.05) is 0 Å². The van der Waals surface area contributed by atoms with E-state index < -0.39 is 29.5 Å². The summed E-state index contributed by atoms with van der Waals surface area (Å²) in [6.45, 7) is 5.04. The van der Waals surface area contributed by atoms with E-state index in [1.165, 1.54) is 48.5 Å². The van der Waals surface area contributed by atoms with Gasteiger partial charge in [-0.2, -0.15) is 0 Å². The van der Waals surface area contributed by atoms with E-state index >= 15 is 0 Å². The van der Waals surface area contributed by atoms with Gasteiger partial charge < -0.3 is 14.6 Å². The van der Waals surface area contributed by atoms with Crippen LogP contribution in [0.25, 0.3) is 0 Å². The van der Waals surface area contributed by atoms with Crippen molar-refractivity contribution in [3.05, 3.63) is 70.8 Å². The summed E-state index contributed by atoms with van der Waals surface area (Å²) in [6.07, 6.45) is 0. The van der Waals surface area contributed by atoms with E-state index in [1.807, 2.05) is 0 Å². The van der Waals surface area contributed by atoms with Gasteiger partial charge in [0.1, 0.15) is 5.60 Å². The van der Waals surface area contributed by atoms with Crippen molar-refractivity contribution in [1.82, 2.24) is 0 Å². The summed E-state index contributed by atoms with van der Waals surface area (Å²) in [5.41, 5.74) is -1.56. The molecule has 2 aromatic rings. The first-order chi connectivity index (χ1) is 12.6. The van der Waals surface area contributed by atoms with Crippen LogP contribution in [-0.2, 0) is 9.47 Å². The predicted octanol–water partition coefficient (Wildman–Crippen LogP) is 3.34. The summed E-state index contributed by atoms with van der Waals surface area (Å²) in [5, 5.41) is 9.14. The van der Waals surface area contributed by atoms with E-state index in [9.17, 15) is 19.2 Å². The smallest absolute Gasteiger partial charge is 0.346 e. The molecule has 0 aliphatic rings. The van der Waals surface area contributed by atoms with Gasteiger partial charge in [-0.3, -0.25) is 0 Å². The standard InChI is InChI=1S/C20H18O7/c1-20(2,3)27-19(25)15-11-7-6-10-14(15)18(24)26-17(23)13-9-5-4-8-12(13)16(21)22/h4-11H,1-3H3,(H,21,22). The van der Waals surface area contributed by atoms with Crippen LogP contribution in [0.2, 0.25) is 0 Å². The number of carbonyl (C=O) groups excluding carboxylic acids is 3. The molecule has 0 radical (unpaired) electrons. The van der Waals surface area contributed by atoms with E-state index in [0.717, 1.165) is 0 Å². The fourth-order valence-corrected chi connectivity index (χ4v) is 2.21. The van der Waals surface area contributed by atoms with Crippen LogP contribution in [0.1, 0.15) is 62.2 Å². The van der Waals surface area contributed by atoms with Crippen LogP contribution in [0.5, 0.6) is 0 Å². The highest BCUT2D eigenvalue weighted by molar-refractivity contribution is 6.10. The molecule has 2 rings (SSSR count). The zero-order valence-electron chi connectivity index (χ0n) is 15.0. The molecule has 0 atom stereocenters. The maximum absolute atomic E-state index is 12.4. The first-order valence-corrected chi connectivity index (χ1v) is 8.01. The lowest BCUT2D eigenvalue weighted by Gasteiger charge is -2.20. The van der Waals surface area contributed by atoms with Crippen molar-refractivity contribution >= 4 is 23.9 Å². The van der Waals surface area contributed by atoms with Gasteiger partial charge in [-0.05, 0) is 45.0 Å². The highest BCUT2D eigenvalue weighted by Crippen LogP contribution is 2.18. The third-order valence-corrected chi connectivity index (χ3v) is 3.33. The summed E-state index contributed by atoms with van der Waals surface area (Å²) in [7, 11) is 0. The number of hydrogen-bond acceptors (Lipinski definition) is 6. The normalized spacial score (nSPS) is 10.8. The van der Waals surface area contributed by atoms with Crippen LogP contribution >= 0.6 is 0 Å². The maximum atomic E-state index is 12.4. The Morgan fingerprint density at radius 2 is 1.07 bits per heavy atom. The average molecular weight is 370 g/mol. The number of carboxylic acid groups (broad SMARTS) is 1. The molecular weight excluding hydrogens is 352 g/mol. The number of esters is 3. The van der Waals surface area contributed by atoms with Crippen LogP contribution in [0.4, 0.5) is 0 Å². The zero-order valence-corrected chi connectivity index (χ0v) is 15.0.